The summed E-state index contributed by atoms with van der Waals surface area (Å²) < 4.78 is 5.77. The number of carboxylic acids is 1. The number of hydrogen-bond acceptors (Lipinski definition) is 3. The monoisotopic (exact) mass is 290 g/mol. The molecule has 21 heavy (non-hydrogen) atoms. The third-order valence-corrected chi connectivity index (χ3v) is 3.33. The topological polar surface area (TPSA) is 82.8 Å². The van der Waals surface area contributed by atoms with E-state index in [1.165, 1.54) is 7.05 Å². The first kappa shape index (κ1) is 14.9. The molecule has 2 rings (SSSR count). The second-order valence-corrected chi connectivity index (χ2v) is 5.01. The maximum Gasteiger partial charge on any atom is 0.323 e. The Bertz CT molecular complexity index is 677. The zero-order valence-corrected chi connectivity index (χ0v) is 12.2. The molecule has 6 nitrogen and oxygen atoms in total. The molecular formula is C15H18N2O4. The van der Waals surface area contributed by atoms with Gasteiger partial charge in [-0.3, -0.25) is 4.79 Å². The molecule has 1 atom stereocenters. The molecule has 0 saturated carbocycles. The van der Waals surface area contributed by atoms with E-state index in [-0.39, 0.29) is 12.6 Å². The second-order valence-electron chi connectivity index (χ2n) is 5.01. The lowest BCUT2D eigenvalue weighted by atomic mass is 10.1. The number of carbonyl (C=O) groups excluding carboxylic acids is 1. The van der Waals surface area contributed by atoms with E-state index >= 15 is 0 Å². The summed E-state index contributed by atoms with van der Waals surface area (Å²) in [7, 11) is 1.43. The highest BCUT2D eigenvalue weighted by Gasteiger charge is 2.20. The van der Waals surface area contributed by atoms with Gasteiger partial charge in [-0.25, -0.2) is 4.79 Å². The lowest BCUT2D eigenvalue weighted by Crippen LogP contribution is -2.41. The van der Waals surface area contributed by atoms with Gasteiger partial charge in [-0.15, -0.1) is 0 Å². The molecule has 1 heterocycles. The van der Waals surface area contributed by atoms with E-state index < -0.39 is 12.0 Å². The average molecular weight is 290 g/mol. The fourth-order valence-electron chi connectivity index (χ4n) is 2.24. The number of fused-ring (bicyclic) bond motifs is 1. The van der Waals surface area contributed by atoms with Crippen molar-refractivity contribution in [1.29, 1.82) is 0 Å². The zero-order valence-electron chi connectivity index (χ0n) is 12.2. The van der Waals surface area contributed by atoms with Crippen molar-refractivity contribution in [2.45, 2.75) is 19.9 Å². The summed E-state index contributed by atoms with van der Waals surface area (Å²) in [6, 6.07) is 6.85. The van der Waals surface area contributed by atoms with Gasteiger partial charge in [0.15, 0.2) is 0 Å². The SMILES string of the molecule is Cc1c([C@@H](C)NC(=O)N(C)CC(=O)O)oc2ccccc12. The molecule has 0 aliphatic carbocycles. The number of benzene rings is 1. The Labute approximate surface area is 122 Å². The zero-order chi connectivity index (χ0) is 15.6. The highest BCUT2D eigenvalue weighted by atomic mass is 16.4. The van der Waals surface area contributed by atoms with Crippen LogP contribution in [0.2, 0.25) is 0 Å². The number of amides is 2. The number of hydrogen-bond donors (Lipinski definition) is 2. The van der Waals surface area contributed by atoms with E-state index in [1.807, 2.05) is 31.2 Å². The van der Waals surface area contributed by atoms with Gasteiger partial charge >= 0.3 is 12.0 Å². The van der Waals surface area contributed by atoms with Gasteiger partial charge in [-0.1, -0.05) is 18.2 Å². The summed E-state index contributed by atoms with van der Waals surface area (Å²) in [6.45, 7) is 3.39. The van der Waals surface area contributed by atoms with Gasteiger partial charge in [0.1, 0.15) is 17.9 Å². The van der Waals surface area contributed by atoms with Crippen molar-refractivity contribution in [2.24, 2.45) is 0 Å². The number of nitrogens with zero attached hydrogens (tertiary/aromatic N) is 1. The van der Waals surface area contributed by atoms with Crippen LogP contribution < -0.4 is 5.32 Å². The first-order chi connectivity index (χ1) is 9.90. The summed E-state index contributed by atoms with van der Waals surface area (Å²) in [5.74, 6) is -0.381. The minimum absolute atomic E-state index is 0.346. The third-order valence-electron chi connectivity index (χ3n) is 3.33. The van der Waals surface area contributed by atoms with Gasteiger partial charge in [-0.2, -0.15) is 0 Å². The van der Waals surface area contributed by atoms with Crippen LogP contribution in [0.1, 0.15) is 24.3 Å². The maximum atomic E-state index is 11.9. The van der Waals surface area contributed by atoms with Crippen molar-refractivity contribution in [2.75, 3.05) is 13.6 Å². The Morgan fingerprint density at radius 2 is 2.05 bits per heavy atom. The number of aliphatic carboxylic acids is 1. The molecule has 0 aliphatic rings. The van der Waals surface area contributed by atoms with E-state index in [4.69, 9.17) is 9.52 Å². The molecular weight excluding hydrogens is 272 g/mol. The van der Waals surface area contributed by atoms with Crippen molar-refractivity contribution >= 4 is 23.0 Å². The molecule has 0 spiro atoms. The lowest BCUT2D eigenvalue weighted by molar-refractivity contribution is -0.137. The van der Waals surface area contributed by atoms with Crippen molar-refractivity contribution < 1.29 is 19.1 Å². The van der Waals surface area contributed by atoms with Crippen molar-refractivity contribution in [3.05, 3.63) is 35.6 Å². The van der Waals surface area contributed by atoms with E-state index in [2.05, 4.69) is 5.32 Å². The highest BCUT2D eigenvalue weighted by molar-refractivity contribution is 5.83. The first-order valence-electron chi connectivity index (χ1n) is 6.61. The number of carbonyl (C=O) groups is 2. The van der Waals surface area contributed by atoms with Crippen molar-refractivity contribution in [3.63, 3.8) is 0 Å². The Morgan fingerprint density at radius 3 is 2.67 bits per heavy atom. The maximum absolute atomic E-state index is 11.9. The number of rotatable bonds is 4. The molecule has 0 unspecified atom stereocenters. The number of carboxylic acid groups (broad SMARTS) is 1. The minimum atomic E-state index is -1.06. The van der Waals surface area contributed by atoms with Gasteiger partial charge in [0.25, 0.3) is 0 Å². The smallest absolute Gasteiger partial charge is 0.323 e. The molecule has 2 aromatic rings. The number of para-hydroxylation sites is 1. The Hall–Kier alpha value is -2.50. The number of urea groups is 1. The fraction of sp³-hybridized carbons (Fsp3) is 0.333. The van der Waals surface area contributed by atoms with Crippen LogP contribution in [0.5, 0.6) is 0 Å². The van der Waals surface area contributed by atoms with Gasteiger partial charge in [0.2, 0.25) is 0 Å². The summed E-state index contributed by atoms with van der Waals surface area (Å²) >= 11 is 0. The van der Waals surface area contributed by atoms with Crippen LogP contribution in [-0.4, -0.2) is 35.6 Å². The molecule has 2 amide bonds. The van der Waals surface area contributed by atoms with E-state index in [0.717, 1.165) is 21.4 Å². The molecule has 6 heteroatoms. The molecule has 1 aromatic carbocycles. The summed E-state index contributed by atoms with van der Waals surface area (Å²) in [5.41, 5.74) is 1.74. The quantitative estimate of drug-likeness (QED) is 0.906. The Kier molecular flexibility index (Phi) is 4.16. The van der Waals surface area contributed by atoms with E-state index in [0.29, 0.717) is 5.76 Å². The van der Waals surface area contributed by atoms with Crippen LogP contribution in [0.4, 0.5) is 4.79 Å². The molecule has 0 bridgehead atoms. The normalized spacial score (nSPS) is 12.1. The molecule has 112 valence electrons. The van der Waals surface area contributed by atoms with Crippen molar-refractivity contribution in [3.8, 4) is 0 Å². The standard InChI is InChI=1S/C15H18N2O4/c1-9-11-6-4-5-7-12(11)21-14(9)10(2)16-15(20)17(3)8-13(18)19/h4-7,10H,8H2,1-3H3,(H,16,20)(H,18,19)/t10-/m1/s1. The number of likely N-dealkylation sites (N-methyl/N-ethyl adjacent to an activating group) is 1. The number of nitrogens with one attached hydrogen (secondary N) is 1. The first-order valence-corrected chi connectivity index (χ1v) is 6.61. The van der Waals surface area contributed by atoms with Crippen molar-refractivity contribution in [1.82, 2.24) is 10.2 Å². The fourth-order valence-corrected chi connectivity index (χ4v) is 2.24. The van der Waals surface area contributed by atoms with E-state index in [1.54, 1.807) is 6.92 Å². The van der Waals surface area contributed by atoms with Crippen LogP contribution in [0, 0.1) is 6.92 Å². The Morgan fingerprint density at radius 1 is 1.38 bits per heavy atom. The largest absolute Gasteiger partial charge is 0.480 e. The summed E-state index contributed by atoms with van der Waals surface area (Å²) in [6.07, 6.45) is 0. The second kappa shape index (κ2) is 5.87. The van der Waals surface area contributed by atoms with Crippen LogP contribution in [-0.2, 0) is 4.79 Å². The average Bonchev–Trinajstić information content (AvgIpc) is 2.76. The van der Waals surface area contributed by atoms with Crippen LogP contribution in [0.3, 0.4) is 0 Å². The molecule has 1 aromatic heterocycles. The number of aryl methyl sites for hydroxylation is 1. The summed E-state index contributed by atoms with van der Waals surface area (Å²) in [4.78, 5) is 23.6. The molecule has 0 saturated heterocycles. The van der Waals surface area contributed by atoms with Gasteiger partial charge in [0, 0.05) is 18.0 Å². The molecule has 0 radical (unpaired) electrons. The lowest BCUT2D eigenvalue weighted by Gasteiger charge is -2.19. The highest BCUT2D eigenvalue weighted by Crippen LogP contribution is 2.29. The minimum Gasteiger partial charge on any atom is -0.480 e. The Balaban J connectivity index is 2.15. The number of furan rings is 1. The van der Waals surface area contributed by atoms with Crippen LogP contribution in [0.25, 0.3) is 11.0 Å². The van der Waals surface area contributed by atoms with Gasteiger partial charge in [-0.05, 0) is 19.9 Å². The van der Waals surface area contributed by atoms with Crippen LogP contribution in [0.15, 0.2) is 28.7 Å². The third kappa shape index (κ3) is 3.16. The molecule has 0 aliphatic heterocycles. The predicted octanol–water partition coefficient (Wildman–Crippen LogP) is 2.53. The summed E-state index contributed by atoms with van der Waals surface area (Å²) in [5, 5.41) is 12.4. The predicted molar refractivity (Wildman–Crippen MR) is 78.2 cm³/mol. The van der Waals surface area contributed by atoms with Gasteiger partial charge < -0.3 is 19.7 Å². The molecule has 0 fully saturated rings. The van der Waals surface area contributed by atoms with E-state index in [9.17, 15) is 9.59 Å². The molecule has 2 N–H and O–H groups in total. The van der Waals surface area contributed by atoms with Crippen LogP contribution >= 0.6 is 0 Å². The van der Waals surface area contributed by atoms with Gasteiger partial charge in [0.05, 0.1) is 6.04 Å².